The van der Waals surface area contributed by atoms with E-state index in [2.05, 4.69) is 17.6 Å². The molecule has 3 aliphatic rings. The number of rotatable bonds is 3. The van der Waals surface area contributed by atoms with Gasteiger partial charge in [-0.3, -0.25) is 0 Å². The van der Waals surface area contributed by atoms with Crippen molar-refractivity contribution in [2.45, 2.75) is 44.8 Å². The van der Waals surface area contributed by atoms with Crippen LogP contribution in [0.1, 0.15) is 32.6 Å². The van der Waals surface area contributed by atoms with Gasteiger partial charge in [0.25, 0.3) is 0 Å². The summed E-state index contributed by atoms with van der Waals surface area (Å²) in [7, 11) is 0. The molecule has 0 radical (unpaired) electrons. The van der Waals surface area contributed by atoms with Crippen LogP contribution in [-0.4, -0.2) is 31.3 Å². The topological polar surface area (TPSA) is 50.4 Å². The zero-order valence-corrected chi connectivity index (χ0v) is 10.4. The van der Waals surface area contributed by atoms with E-state index in [0.717, 1.165) is 31.9 Å². The maximum Gasteiger partial charge on any atom is 0.315 e. The number of nitrogens with one attached hydrogen (secondary N) is 2. The summed E-state index contributed by atoms with van der Waals surface area (Å²) in [5, 5.41) is 6.06. The van der Waals surface area contributed by atoms with E-state index in [9.17, 15) is 4.79 Å². The molecule has 0 aromatic carbocycles. The molecule has 96 valence electrons. The van der Waals surface area contributed by atoms with Crippen molar-refractivity contribution in [3.05, 3.63) is 0 Å². The number of hydrogen-bond donors (Lipinski definition) is 2. The third-order valence-corrected chi connectivity index (χ3v) is 4.61. The van der Waals surface area contributed by atoms with E-state index in [1.54, 1.807) is 0 Å². The highest BCUT2D eigenvalue weighted by molar-refractivity contribution is 5.74. The Labute approximate surface area is 102 Å². The van der Waals surface area contributed by atoms with Crippen molar-refractivity contribution >= 4 is 6.03 Å². The van der Waals surface area contributed by atoms with Gasteiger partial charge in [-0.15, -0.1) is 0 Å². The van der Waals surface area contributed by atoms with E-state index in [1.807, 2.05) is 0 Å². The van der Waals surface area contributed by atoms with Crippen LogP contribution in [0.2, 0.25) is 0 Å². The largest absolute Gasteiger partial charge is 0.378 e. The molecule has 1 aliphatic heterocycles. The van der Waals surface area contributed by atoms with Gasteiger partial charge in [0.2, 0.25) is 0 Å². The number of amides is 2. The first kappa shape index (κ1) is 11.3. The quantitative estimate of drug-likeness (QED) is 0.783. The van der Waals surface area contributed by atoms with E-state index in [1.165, 1.54) is 12.8 Å². The predicted molar refractivity (Wildman–Crippen MR) is 64.7 cm³/mol. The van der Waals surface area contributed by atoms with Crippen molar-refractivity contribution < 1.29 is 9.53 Å². The highest BCUT2D eigenvalue weighted by atomic mass is 16.5. The summed E-state index contributed by atoms with van der Waals surface area (Å²) in [5.74, 6) is 2.08. The van der Waals surface area contributed by atoms with Gasteiger partial charge in [0.15, 0.2) is 0 Å². The predicted octanol–water partition coefficient (Wildman–Crippen LogP) is 1.51. The van der Waals surface area contributed by atoms with Gasteiger partial charge in [-0.2, -0.15) is 0 Å². The third-order valence-electron chi connectivity index (χ3n) is 4.61. The molecule has 4 nitrogen and oxygen atoms in total. The average molecular weight is 238 g/mol. The highest BCUT2D eigenvalue weighted by Gasteiger charge is 2.44. The van der Waals surface area contributed by atoms with Crippen molar-refractivity contribution in [2.75, 3.05) is 13.2 Å². The standard InChI is InChI=1S/C13H22N2O2/c1-8-5-9(8)7-14-13(16)15-11-6-12-10(11)3-2-4-17-12/h8-12H,2-7H2,1H3,(H2,14,15,16). The van der Waals surface area contributed by atoms with E-state index < -0.39 is 0 Å². The minimum Gasteiger partial charge on any atom is -0.378 e. The fourth-order valence-corrected chi connectivity index (χ4v) is 3.09. The Morgan fingerprint density at radius 2 is 2.24 bits per heavy atom. The van der Waals surface area contributed by atoms with Gasteiger partial charge < -0.3 is 15.4 Å². The van der Waals surface area contributed by atoms with Crippen LogP contribution in [0.5, 0.6) is 0 Å². The summed E-state index contributed by atoms with van der Waals surface area (Å²) >= 11 is 0. The minimum absolute atomic E-state index is 0.0122. The van der Waals surface area contributed by atoms with Crippen molar-refractivity contribution in [3.63, 3.8) is 0 Å². The van der Waals surface area contributed by atoms with Crippen molar-refractivity contribution in [1.82, 2.24) is 10.6 Å². The van der Waals surface area contributed by atoms with E-state index in [-0.39, 0.29) is 6.03 Å². The molecule has 0 bridgehead atoms. The molecule has 1 heterocycles. The van der Waals surface area contributed by atoms with Crippen molar-refractivity contribution in [3.8, 4) is 0 Å². The lowest BCUT2D eigenvalue weighted by Gasteiger charge is -2.47. The van der Waals surface area contributed by atoms with Gasteiger partial charge >= 0.3 is 6.03 Å². The Kier molecular flexibility index (Phi) is 2.99. The summed E-state index contributed by atoms with van der Waals surface area (Å²) in [5.41, 5.74) is 0. The van der Waals surface area contributed by atoms with E-state index in [0.29, 0.717) is 24.0 Å². The number of urea groups is 1. The Hall–Kier alpha value is -0.770. The Morgan fingerprint density at radius 3 is 2.94 bits per heavy atom. The Balaban J connectivity index is 1.37. The van der Waals surface area contributed by atoms with Crippen molar-refractivity contribution in [2.24, 2.45) is 17.8 Å². The second-order valence-electron chi connectivity index (χ2n) is 5.88. The lowest BCUT2D eigenvalue weighted by Crippen LogP contribution is -2.59. The van der Waals surface area contributed by atoms with Crippen LogP contribution in [0, 0.1) is 17.8 Å². The summed E-state index contributed by atoms with van der Waals surface area (Å²) in [6.07, 6.45) is 5.02. The molecule has 5 atom stereocenters. The molecule has 3 fully saturated rings. The normalized spacial score (nSPS) is 43.2. The molecule has 0 aromatic heterocycles. The average Bonchev–Trinajstić information content (AvgIpc) is 3.00. The van der Waals surface area contributed by atoms with Crippen LogP contribution >= 0.6 is 0 Å². The first-order valence-electron chi connectivity index (χ1n) is 6.90. The van der Waals surface area contributed by atoms with Crippen LogP contribution in [-0.2, 0) is 4.74 Å². The monoisotopic (exact) mass is 238 g/mol. The number of fused-ring (bicyclic) bond motifs is 1. The van der Waals surface area contributed by atoms with Gasteiger partial charge in [-0.25, -0.2) is 4.79 Å². The highest BCUT2D eigenvalue weighted by Crippen LogP contribution is 2.38. The summed E-state index contributed by atoms with van der Waals surface area (Å²) in [6.45, 7) is 3.98. The number of ether oxygens (including phenoxy) is 1. The van der Waals surface area contributed by atoms with Gasteiger partial charge in [0.05, 0.1) is 6.10 Å². The van der Waals surface area contributed by atoms with Crippen LogP contribution in [0.4, 0.5) is 4.79 Å². The van der Waals surface area contributed by atoms with Crippen LogP contribution in [0.25, 0.3) is 0 Å². The summed E-state index contributed by atoms with van der Waals surface area (Å²) in [6, 6.07) is 0.357. The summed E-state index contributed by atoms with van der Waals surface area (Å²) < 4.78 is 5.64. The molecule has 2 amide bonds. The van der Waals surface area contributed by atoms with E-state index >= 15 is 0 Å². The molecular formula is C13H22N2O2. The molecule has 1 saturated heterocycles. The maximum atomic E-state index is 11.7. The molecule has 2 aliphatic carbocycles. The second kappa shape index (κ2) is 4.48. The number of carbonyl (C=O) groups is 1. The smallest absolute Gasteiger partial charge is 0.315 e. The van der Waals surface area contributed by atoms with Crippen LogP contribution in [0.3, 0.4) is 0 Å². The maximum absolute atomic E-state index is 11.7. The molecule has 17 heavy (non-hydrogen) atoms. The van der Waals surface area contributed by atoms with Crippen LogP contribution < -0.4 is 10.6 Å². The Morgan fingerprint density at radius 1 is 1.41 bits per heavy atom. The number of hydrogen-bond acceptors (Lipinski definition) is 2. The minimum atomic E-state index is 0.0122. The SMILES string of the molecule is CC1CC1CNC(=O)NC1CC2OCCCC12. The van der Waals surface area contributed by atoms with Crippen LogP contribution in [0.15, 0.2) is 0 Å². The number of carbonyl (C=O) groups excluding carboxylic acids is 1. The van der Waals surface area contributed by atoms with Gasteiger partial charge in [-0.05, 0) is 37.5 Å². The third kappa shape index (κ3) is 2.41. The molecule has 0 spiro atoms. The zero-order valence-electron chi connectivity index (χ0n) is 10.4. The van der Waals surface area contributed by atoms with Gasteiger partial charge in [0.1, 0.15) is 0 Å². The molecule has 5 unspecified atom stereocenters. The molecular weight excluding hydrogens is 216 g/mol. The molecule has 4 heteroatoms. The summed E-state index contributed by atoms with van der Waals surface area (Å²) in [4.78, 5) is 11.7. The first-order chi connectivity index (χ1) is 8.24. The fourth-order valence-electron chi connectivity index (χ4n) is 3.09. The molecule has 2 saturated carbocycles. The first-order valence-corrected chi connectivity index (χ1v) is 6.90. The molecule has 3 rings (SSSR count). The Bertz CT molecular complexity index is 308. The molecule has 2 N–H and O–H groups in total. The lowest BCUT2D eigenvalue weighted by molar-refractivity contribution is -0.0999. The van der Waals surface area contributed by atoms with Gasteiger partial charge in [-0.1, -0.05) is 6.92 Å². The van der Waals surface area contributed by atoms with Gasteiger partial charge in [0, 0.05) is 25.1 Å². The van der Waals surface area contributed by atoms with E-state index in [4.69, 9.17) is 4.74 Å². The lowest BCUT2D eigenvalue weighted by atomic mass is 9.72. The second-order valence-corrected chi connectivity index (χ2v) is 5.88. The van der Waals surface area contributed by atoms with Crippen molar-refractivity contribution in [1.29, 1.82) is 0 Å². The molecule has 0 aromatic rings. The zero-order chi connectivity index (χ0) is 11.8. The fraction of sp³-hybridized carbons (Fsp3) is 0.923.